The van der Waals surface area contributed by atoms with E-state index in [0.717, 1.165) is 16.9 Å². The molecule has 0 saturated carbocycles. The summed E-state index contributed by atoms with van der Waals surface area (Å²) in [6.07, 6.45) is 0. The molecule has 4 aromatic rings. The van der Waals surface area contributed by atoms with E-state index in [1.165, 1.54) is 0 Å². The minimum atomic E-state index is -0.112. The van der Waals surface area contributed by atoms with Gasteiger partial charge in [0.1, 0.15) is 11.5 Å². The van der Waals surface area contributed by atoms with Crippen molar-refractivity contribution >= 4 is 17.5 Å². The molecular formula is C25H23ClN4O4. The van der Waals surface area contributed by atoms with E-state index < -0.39 is 0 Å². The first kappa shape index (κ1) is 22.2. The van der Waals surface area contributed by atoms with Crippen LogP contribution in [0.5, 0.6) is 5.75 Å². The molecule has 0 N–H and O–H groups in total. The Balaban J connectivity index is 1.16. The molecule has 0 unspecified atom stereocenters. The van der Waals surface area contributed by atoms with Gasteiger partial charge in [-0.15, -0.1) is 0 Å². The number of piperazine rings is 1. The van der Waals surface area contributed by atoms with Crippen LogP contribution >= 0.6 is 11.6 Å². The largest absolute Gasteiger partial charge is 0.497 e. The Kier molecular flexibility index (Phi) is 6.33. The van der Waals surface area contributed by atoms with Crippen LogP contribution in [0.4, 0.5) is 0 Å². The van der Waals surface area contributed by atoms with Crippen molar-refractivity contribution in [1.29, 1.82) is 0 Å². The molecule has 9 heteroatoms. The quantitative estimate of drug-likeness (QED) is 0.400. The van der Waals surface area contributed by atoms with Crippen molar-refractivity contribution in [1.82, 2.24) is 19.9 Å². The molecule has 1 aliphatic rings. The lowest BCUT2D eigenvalue weighted by Gasteiger charge is -2.33. The standard InChI is InChI=1S/C25H23ClN4O4/c1-32-20-8-4-18(5-9-20)24-27-23(34-28-24)16-29-12-14-30(15-13-29)25(31)22-11-10-21(33-22)17-2-6-19(26)7-3-17/h2-11H,12-16H2,1H3. The first-order valence-electron chi connectivity index (χ1n) is 10.9. The number of benzene rings is 2. The Morgan fingerprint density at radius 1 is 0.971 bits per heavy atom. The maximum atomic E-state index is 12.9. The lowest BCUT2D eigenvalue weighted by atomic mass is 10.2. The molecule has 1 amide bonds. The zero-order valence-corrected chi connectivity index (χ0v) is 19.4. The highest BCUT2D eigenvalue weighted by Gasteiger charge is 2.25. The summed E-state index contributed by atoms with van der Waals surface area (Å²) in [5, 5.41) is 4.74. The fraction of sp³-hybridized carbons (Fsp3) is 0.240. The molecule has 3 heterocycles. The highest BCUT2D eigenvalue weighted by Crippen LogP contribution is 2.25. The Hall–Kier alpha value is -3.62. The summed E-state index contributed by atoms with van der Waals surface area (Å²) in [5.74, 6) is 2.72. The van der Waals surface area contributed by atoms with Gasteiger partial charge in [-0.3, -0.25) is 9.69 Å². The van der Waals surface area contributed by atoms with Gasteiger partial charge in [0, 0.05) is 42.3 Å². The van der Waals surface area contributed by atoms with Crippen LogP contribution in [0.15, 0.2) is 69.6 Å². The van der Waals surface area contributed by atoms with Crippen LogP contribution in [0, 0.1) is 0 Å². The second-order valence-corrected chi connectivity index (χ2v) is 8.42. The molecule has 34 heavy (non-hydrogen) atoms. The van der Waals surface area contributed by atoms with Gasteiger partial charge in [0.15, 0.2) is 5.76 Å². The number of methoxy groups -OCH3 is 1. The van der Waals surface area contributed by atoms with Crippen LogP contribution in [0.25, 0.3) is 22.7 Å². The van der Waals surface area contributed by atoms with Crippen molar-refractivity contribution in [3.8, 4) is 28.5 Å². The predicted molar refractivity (Wildman–Crippen MR) is 127 cm³/mol. The summed E-state index contributed by atoms with van der Waals surface area (Å²) < 4.78 is 16.4. The molecule has 5 rings (SSSR count). The number of carbonyl (C=O) groups is 1. The minimum absolute atomic E-state index is 0.112. The first-order chi connectivity index (χ1) is 16.6. The van der Waals surface area contributed by atoms with Crippen LogP contribution < -0.4 is 4.74 Å². The number of furan rings is 1. The number of nitrogens with zero attached hydrogens (tertiary/aromatic N) is 4. The van der Waals surface area contributed by atoms with E-state index in [1.54, 1.807) is 30.2 Å². The zero-order valence-electron chi connectivity index (χ0n) is 18.6. The normalized spacial score (nSPS) is 14.4. The maximum absolute atomic E-state index is 12.9. The second kappa shape index (κ2) is 9.70. The van der Waals surface area contributed by atoms with Crippen molar-refractivity contribution in [2.24, 2.45) is 0 Å². The fourth-order valence-corrected chi connectivity index (χ4v) is 3.98. The first-order valence-corrected chi connectivity index (χ1v) is 11.3. The van der Waals surface area contributed by atoms with Crippen molar-refractivity contribution in [2.45, 2.75) is 6.54 Å². The van der Waals surface area contributed by atoms with Gasteiger partial charge in [-0.2, -0.15) is 4.98 Å². The number of carbonyl (C=O) groups excluding carboxylic acids is 1. The molecule has 0 bridgehead atoms. The van der Waals surface area contributed by atoms with E-state index in [-0.39, 0.29) is 5.91 Å². The minimum Gasteiger partial charge on any atom is -0.497 e. The summed E-state index contributed by atoms with van der Waals surface area (Å²) >= 11 is 5.95. The summed E-state index contributed by atoms with van der Waals surface area (Å²) in [5.41, 5.74) is 1.74. The number of rotatable bonds is 6. The topological polar surface area (TPSA) is 84.8 Å². The van der Waals surface area contributed by atoms with Crippen LogP contribution in [0.3, 0.4) is 0 Å². The van der Waals surface area contributed by atoms with Crippen molar-refractivity contribution in [3.63, 3.8) is 0 Å². The molecule has 0 aliphatic carbocycles. The molecule has 1 aliphatic heterocycles. The summed E-state index contributed by atoms with van der Waals surface area (Å²) in [6, 6.07) is 18.4. The van der Waals surface area contributed by atoms with Crippen LogP contribution in [0.1, 0.15) is 16.4 Å². The van der Waals surface area contributed by atoms with Crippen molar-refractivity contribution < 1.29 is 18.5 Å². The third kappa shape index (κ3) is 4.83. The number of hydrogen-bond donors (Lipinski definition) is 0. The monoisotopic (exact) mass is 478 g/mol. The van der Waals surface area contributed by atoms with Crippen molar-refractivity contribution in [3.05, 3.63) is 77.3 Å². The maximum Gasteiger partial charge on any atom is 0.289 e. The highest BCUT2D eigenvalue weighted by atomic mass is 35.5. The Morgan fingerprint density at radius 2 is 1.68 bits per heavy atom. The van der Waals surface area contributed by atoms with E-state index in [9.17, 15) is 4.79 Å². The van der Waals surface area contributed by atoms with E-state index in [0.29, 0.717) is 61.0 Å². The lowest BCUT2D eigenvalue weighted by Crippen LogP contribution is -2.48. The third-order valence-corrected chi connectivity index (χ3v) is 6.03. The number of halogens is 1. The van der Waals surface area contributed by atoms with Gasteiger partial charge >= 0.3 is 0 Å². The van der Waals surface area contributed by atoms with Crippen LogP contribution in [-0.2, 0) is 6.54 Å². The molecule has 8 nitrogen and oxygen atoms in total. The predicted octanol–water partition coefficient (Wildman–Crippen LogP) is 4.62. The van der Waals surface area contributed by atoms with E-state index in [4.69, 9.17) is 25.3 Å². The molecular weight excluding hydrogens is 456 g/mol. The molecule has 174 valence electrons. The van der Waals surface area contributed by atoms with Gasteiger partial charge in [-0.1, -0.05) is 16.8 Å². The third-order valence-electron chi connectivity index (χ3n) is 5.78. The van der Waals surface area contributed by atoms with Crippen LogP contribution in [0.2, 0.25) is 5.02 Å². The number of hydrogen-bond acceptors (Lipinski definition) is 7. The Labute approximate surface area is 201 Å². The smallest absolute Gasteiger partial charge is 0.289 e. The molecule has 1 fully saturated rings. The molecule has 0 atom stereocenters. The summed E-state index contributed by atoms with van der Waals surface area (Å²) in [6.45, 7) is 3.13. The molecule has 0 radical (unpaired) electrons. The highest BCUT2D eigenvalue weighted by molar-refractivity contribution is 6.30. The number of aromatic nitrogens is 2. The molecule has 2 aromatic carbocycles. The molecule has 1 saturated heterocycles. The van der Waals surface area contributed by atoms with E-state index in [2.05, 4.69) is 15.0 Å². The summed E-state index contributed by atoms with van der Waals surface area (Å²) in [7, 11) is 1.63. The van der Waals surface area contributed by atoms with Gasteiger partial charge in [0.05, 0.1) is 13.7 Å². The zero-order chi connectivity index (χ0) is 23.5. The van der Waals surface area contributed by atoms with Gasteiger partial charge in [-0.25, -0.2) is 0 Å². The van der Waals surface area contributed by atoms with Crippen molar-refractivity contribution in [2.75, 3.05) is 33.3 Å². The number of amides is 1. The molecule has 0 spiro atoms. The van der Waals surface area contributed by atoms with Gasteiger partial charge in [-0.05, 0) is 60.7 Å². The molecule has 2 aromatic heterocycles. The van der Waals surface area contributed by atoms with E-state index in [1.807, 2.05) is 42.5 Å². The lowest BCUT2D eigenvalue weighted by molar-refractivity contribution is 0.0586. The fourth-order valence-electron chi connectivity index (χ4n) is 3.85. The Bertz CT molecular complexity index is 1260. The van der Waals surface area contributed by atoms with Gasteiger partial charge in [0.25, 0.3) is 5.91 Å². The van der Waals surface area contributed by atoms with Crippen LogP contribution in [-0.4, -0.2) is 59.1 Å². The average Bonchev–Trinajstić information content (AvgIpc) is 3.55. The summed E-state index contributed by atoms with van der Waals surface area (Å²) in [4.78, 5) is 21.4. The SMILES string of the molecule is COc1ccc(-c2noc(CN3CCN(C(=O)c4ccc(-c5ccc(Cl)cc5)o4)CC3)n2)cc1. The van der Waals surface area contributed by atoms with Gasteiger partial charge < -0.3 is 18.6 Å². The Morgan fingerprint density at radius 3 is 2.38 bits per heavy atom. The van der Waals surface area contributed by atoms with E-state index >= 15 is 0 Å². The van der Waals surface area contributed by atoms with Gasteiger partial charge in [0.2, 0.25) is 11.7 Å². The average molecular weight is 479 g/mol. The number of ether oxygens (including phenoxy) is 1. The second-order valence-electron chi connectivity index (χ2n) is 7.98.